The fourth-order valence-electron chi connectivity index (χ4n) is 2.13. The zero-order valence-electron chi connectivity index (χ0n) is 12.6. The summed E-state index contributed by atoms with van der Waals surface area (Å²) in [4.78, 5) is 12.8. The molecule has 0 aliphatic rings. The van der Waals surface area contributed by atoms with Crippen molar-refractivity contribution in [2.24, 2.45) is 10.8 Å². The molecule has 0 aliphatic carbocycles. The van der Waals surface area contributed by atoms with Crippen molar-refractivity contribution in [3.8, 4) is 0 Å². The maximum Gasteiger partial charge on any atom is 0.332 e. The zero-order chi connectivity index (χ0) is 15.8. The van der Waals surface area contributed by atoms with Crippen LogP contribution in [-0.4, -0.2) is 18.8 Å². The molecule has 0 radical (unpaired) electrons. The van der Waals surface area contributed by atoms with Gasteiger partial charge in [-0.1, -0.05) is 42.5 Å². The Morgan fingerprint density at radius 3 is 2.45 bits per heavy atom. The number of nitrogens with zero attached hydrogens (tertiary/aromatic N) is 2. The van der Waals surface area contributed by atoms with Crippen LogP contribution in [0.3, 0.4) is 0 Å². The number of primary amides is 1. The average molecular weight is 296 g/mol. The van der Waals surface area contributed by atoms with Gasteiger partial charge in [0.25, 0.3) is 0 Å². The molecule has 0 saturated heterocycles. The van der Waals surface area contributed by atoms with Crippen LogP contribution in [0, 0.1) is 0 Å². The van der Waals surface area contributed by atoms with Gasteiger partial charge in [-0.05, 0) is 30.2 Å². The van der Waals surface area contributed by atoms with E-state index in [4.69, 9.17) is 5.73 Å². The van der Waals surface area contributed by atoms with Crippen LogP contribution in [0.1, 0.15) is 18.1 Å². The molecule has 2 aromatic rings. The number of benzene rings is 2. The highest BCUT2D eigenvalue weighted by Crippen LogP contribution is 2.17. The molecule has 0 saturated carbocycles. The molecule has 22 heavy (non-hydrogen) atoms. The number of nitrogens with one attached hydrogen (secondary N) is 1. The third-order valence-electron chi connectivity index (χ3n) is 3.24. The molecule has 0 spiro atoms. The van der Waals surface area contributed by atoms with Gasteiger partial charge in [-0.2, -0.15) is 5.10 Å². The highest BCUT2D eigenvalue weighted by Gasteiger charge is 2.04. The van der Waals surface area contributed by atoms with Crippen molar-refractivity contribution in [2.45, 2.75) is 13.5 Å². The number of nitrogens with two attached hydrogens (primary N) is 1. The van der Waals surface area contributed by atoms with Gasteiger partial charge in [0.1, 0.15) is 0 Å². The lowest BCUT2D eigenvalue weighted by Crippen LogP contribution is -2.24. The summed E-state index contributed by atoms with van der Waals surface area (Å²) in [7, 11) is 0. The number of anilines is 1. The van der Waals surface area contributed by atoms with Crippen LogP contribution in [0.4, 0.5) is 10.5 Å². The molecule has 2 aromatic carbocycles. The largest absolute Gasteiger partial charge is 0.367 e. The molecule has 114 valence electrons. The van der Waals surface area contributed by atoms with E-state index in [0.29, 0.717) is 0 Å². The Bertz CT molecular complexity index is 623. The molecule has 5 nitrogen and oxygen atoms in total. The smallest absolute Gasteiger partial charge is 0.332 e. The van der Waals surface area contributed by atoms with Gasteiger partial charge in [-0.3, -0.25) is 0 Å². The number of amides is 2. The van der Waals surface area contributed by atoms with Gasteiger partial charge in [0.15, 0.2) is 0 Å². The maximum absolute atomic E-state index is 10.5. The van der Waals surface area contributed by atoms with E-state index in [9.17, 15) is 4.79 Å². The molecule has 2 amide bonds. The van der Waals surface area contributed by atoms with E-state index in [2.05, 4.69) is 46.6 Å². The number of hydrogen-bond donors (Lipinski definition) is 2. The molecule has 2 rings (SSSR count). The Morgan fingerprint density at radius 2 is 1.86 bits per heavy atom. The maximum atomic E-state index is 10.5. The van der Waals surface area contributed by atoms with Gasteiger partial charge >= 0.3 is 6.03 Å². The predicted octanol–water partition coefficient (Wildman–Crippen LogP) is 2.72. The minimum Gasteiger partial charge on any atom is -0.367 e. The lowest BCUT2D eigenvalue weighted by Gasteiger charge is -2.23. The van der Waals surface area contributed by atoms with Gasteiger partial charge in [0, 0.05) is 18.8 Å². The number of hydrogen-bond acceptors (Lipinski definition) is 3. The summed E-state index contributed by atoms with van der Waals surface area (Å²) in [5.41, 5.74) is 10.4. The van der Waals surface area contributed by atoms with Crippen molar-refractivity contribution < 1.29 is 4.79 Å². The first-order chi connectivity index (χ1) is 10.7. The van der Waals surface area contributed by atoms with Crippen LogP contribution in [0.5, 0.6) is 0 Å². The third-order valence-corrected chi connectivity index (χ3v) is 3.24. The van der Waals surface area contributed by atoms with E-state index in [1.807, 2.05) is 30.3 Å². The van der Waals surface area contributed by atoms with Crippen LogP contribution in [0.15, 0.2) is 59.7 Å². The minimum absolute atomic E-state index is 0.673. The second kappa shape index (κ2) is 7.83. The number of urea groups is 1. The van der Waals surface area contributed by atoms with Crippen molar-refractivity contribution >= 4 is 17.9 Å². The van der Waals surface area contributed by atoms with Crippen LogP contribution >= 0.6 is 0 Å². The highest BCUT2D eigenvalue weighted by atomic mass is 16.2. The standard InChI is InChI=1S/C17H20N4O/c1-2-21(13-15-6-4-3-5-7-15)16-10-8-14(9-11-16)12-19-20-17(18)22/h3-12H,2,13H2,1H3,(H3,18,20,22)/b19-12-. The monoisotopic (exact) mass is 296 g/mol. The number of rotatable bonds is 6. The summed E-state index contributed by atoms with van der Waals surface area (Å²) >= 11 is 0. The molecular weight excluding hydrogens is 276 g/mol. The molecule has 0 heterocycles. The van der Waals surface area contributed by atoms with Crippen LogP contribution < -0.4 is 16.1 Å². The second-order valence-electron chi connectivity index (χ2n) is 4.83. The van der Waals surface area contributed by atoms with Crippen molar-refractivity contribution in [1.82, 2.24) is 5.43 Å². The summed E-state index contributed by atoms with van der Waals surface area (Å²) < 4.78 is 0. The Morgan fingerprint density at radius 1 is 1.18 bits per heavy atom. The van der Waals surface area contributed by atoms with Crippen LogP contribution in [0.25, 0.3) is 0 Å². The second-order valence-corrected chi connectivity index (χ2v) is 4.83. The van der Waals surface area contributed by atoms with E-state index < -0.39 is 6.03 Å². The molecule has 0 aliphatic heterocycles. The Kier molecular flexibility index (Phi) is 5.54. The first-order valence-electron chi connectivity index (χ1n) is 7.16. The molecule has 0 unspecified atom stereocenters. The molecule has 0 bridgehead atoms. The number of carbonyl (C=O) groups is 1. The Hall–Kier alpha value is -2.82. The summed E-state index contributed by atoms with van der Waals surface area (Å²) in [6.45, 7) is 3.93. The topological polar surface area (TPSA) is 70.7 Å². The van der Waals surface area contributed by atoms with Crippen LogP contribution in [0.2, 0.25) is 0 Å². The van der Waals surface area contributed by atoms with Crippen molar-refractivity contribution in [3.05, 3.63) is 65.7 Å². The van der Waals surface area contributed by atoms with E-state index >= 15 is 0 Å². The van der Waals surface area contributed by atoms with Gasteiger partial charge < -0.3 is 10.6 Å². The lowest BCUT2D eigenvalue weighted by atomic mass is 10.1. The number of carbonyl (C=O) groups excluding carboxylic acids is 1. The molecule has 3 N–H and O–H groups in total. The average Bonchev–Trinajstić information content (AvgIpc) is 2.54. The van der Waals surface area contributed by atoms with Crippen molar-refractivity contribution in [1.29, 1.82) is 0 Å². The third kappa shape index (κ3) is 4.63. The van der Waals surface area contributed by atoms with E-state index in [1.165, 1.54) is 5.56 Å². The van der Waals surface area contributed by atoms with Gasteiger partial charge in [-0.25, -0.2) is 10.2 Å². The molecule has 0 aromatic heterocycles. The predicted molar refractivity (Wildman–Crippen MR) is 89.9 cm³/mol. The zero-order valence-corrected chi connectivity index (χ0v) is 12.6. The Balaban J connectivity index is 2.04. The normalized spacial score (nSPS) is 10.6. The summed E-state index contributed by atoms with van der Waals surface area (Å²) in [6, 6.07) is 17.7. The quantitative estimate of drug-likeness (QED) is 0.635. The highest BCUT2D eigenvalue weighted by molar-refractivity contribution is 5.82. The van der Waals surface area contributed by atoms with Crippen molar-refractivity contribution in [3.63, 3.8) is 0 Å². The Labute approximate surface area is 130 Å². The SMILES string of the molecule is CCN(Cc1ccccc1)c1ccc(/C=N\NC(N)=O)cc1. The van der Waals surface area contributed by atoms with E-state index in [1.54, 1.807) is 6.21 Å². The van der Waals surface area contributed by atoms with Crippen molar-refractivity contribution in [2.75, 3.05) is 11.4 Å². The van der Waals surface area contributed by atoms with E-state index in [-0.39, 0.29) is 0 Å². The minimum atomic E-state index is -0.673. The fraction of sp³-hybridized carbons (Fsp3) is 0.176. The number of hydrazone groups is 1. The molecule has 0 fully saturated rings. The summed E-state index contributed by atoms with van der Waals surface area (Å²) in [5.74, 6) is 0. The van der Waals surface area contributed by atoms with Gasteiger partial charge in [-0.15, -0.1) is 0 Å². The molecule has 0 atom stereocenters. The summed E-state index contributed by atoms with van der Waals surface area (Å²) in [5, 5.41) is 3.74. The first kappa shape index (κ1) is 15.6. The van der Waals surface area contributed by atoms with E-state index in [0.717, 1.165) is 24.3 Å². The molecular formula is C17H20N4O. The lowest BCUT2D eigenvalue weighted by molar-refractivity contribution is 0.249. The van der Waals surface area contributed by atoms with Crippen LogP contribution in [-0.2, 0) is 6.54 Å². The fourth-order valence-corrected chi connectivity index (χ4v) is 2.13. The molecule has 5 heteroatoms. The van der Waals surface area contributed by atoms with Gasteiger partial charge in [0.2, 0.25) is 0 Å². The summed E-state index contributed by atoms with van der Waals surface area (Å²) in [6.07, 6.45) is 1.56. The van der Waals surface area contributed by atoms with Gasteiger partial charge in [0.05, 0.1) is 6.21 Å². The first-order valence-corrected chi connectivity index (χ1v) is 7.16.